The number of imidazole rings is 1. The van der Waals surface area contributed by atoms with Crippen LogP contribution in [0, 0.1) is 5.82 Å². The summed E-state index contributed by atoms with van der Waals surface area (Å²) in [5.74, 6) is -0.263. The minimum absolute atomic E-state index is 0.154. The van der Waals surface area contributed by atoms with Crippen molar-refractivity contribution < 1.29 is 14.3 Å². The Labute approximate surface area is 206 Å². The molecule has 186 valence electrons. The summed E-state index contributed by atoms with van der Waals surface area (Å²) >= 11 is 0. The standard InChI is InChI=1S/C24H23FN4O2.2C2H6/c25-19-5-1-3-17(11-19)12-20-14-27-16-29(20)10-9-26-15-24(31)28-23-6-2-4-18-7-8-21(30)13-22(18)23;2*1-2/h1-8,11,13-14,16,26,30H,9-10,12,15H2,(H,28,31);2*1-2H3. The first-order valence-electron chi connectivity index (χ1n) is 12.0. The summed E-state index contributed by atoms with van der Waals surface area (Å²) in [6, 6.07) is 17.2. The summed E-state index contributed by atoms with van der Waals surface area (Å²) in [5.41, 5.74) is 2.52. The Morgan fingerprint density at radius 3 is 2.57 bits per heavy atom. The molecule has 1 heterocycles. The predicted molar refractivity (Wildman–Crippen MR) is 141 cm³/mol. The van der Waals surface area contributed by atoms with Crippen LogP contribution in [0.2, 0.25) is 0 Å². The summed E-state index contributed by atoms with van der Waals surface area (Å²) in [6.45, 7) is 9.37. The number of aromatic nitrogens is 2. The van der Waals surface area contributed by atoms with Gasteiger partial charge >= 0.3 is 0 Å². The quantitative estimate of drug-likeness (QED) is 0.282. The van der Waals surface area contributed by atoms with Gasteiger partial charge in [-0.15, -0.1) is 0 Å². The first-order chi connectivity index (χ1) is 17.1. The highest BCUT2D eigenvalue weighted by atomic mass is 19.1. The van der Waals surface area contributed by atoms with Gasteiger partial charge in [-0.25, -0.2) is 9.37 Å². The first-order valence-corrected chi connectivity index (χ1v) is 12.0. The van der Waals surface area contributed by atoms with Crippen LogP contribution in [0.1, 0.15) is 39.0 Å². The SMILES string of the molecule is CC.CC.O=C(CNCCn1cncc1Cc1cccc(F)c1)Nc1cccc2ccc(O)cc12. The van der Waals surface area contributed by atoms with E-state index in [1.165, 1.54) is 12.1 Å². The molecule has 0 aliphatic heterocycles. The second kappa shape index (κ2) is 14.5. The fourth-order valence-electron chi connectivity index (χ4n) is 3.52. The number of rotatable bonds is 8. The average molecular weight is 479 g/mol. The largest absolute Gasteiger partial charge is 0.508 e. The molecular formula is C28H35FN4O2. The molecule has 0 spiro atoms. The molecule has 4 rings (SSSR count). The summed E-state index contributed by atoms with van der Waals surface area (Å²) in [4.78, 5) is 16.5. The minimum Gasteiger partial charge on any atom is -0.508 e. The molecule has 0 saturated carbocycles. The highest BCUT2D eigenvalue weighted by molar-refractivity contribution is 6.03. The van der Waals surface area contributed by atoms with Gasteiger partial charge in [-0.3, -0.25) is 4.79 Å². The number of nitrogens with zero attached hydrogens (tertiary/aromatic N) is 2. The van der Waals surface area contributed by atoms with Crippen molar-refractivity contribution >= 4 is 22.4 Å². The van der Waals surface area contributed by atoms with Crippen LogP contribution < -0.4 is 10.6 Å². The van der Waals surface area contributed by atoms with Gasteiger partial charge in [-0.05, 0) is 41.3 Å². The Kier molecular flexibility index (Phi) is 11.4. The van der Waals surface area contributed by atoms with Gasteiger partial charge < -0.3 is 20.3 Å². The maximum Gasteiger partial charge on any atom is 0.238 e. The summed E-state index contributed by atoms with van der Waals surface area (Å²) in [6.07, 6.45) is 4.10. The summed E-state index contributed by atoms with van der Waals surface area (Å²) in [7, 11) is 0. The van der Waals surface area contributed by atoms with E-state index in [9.17, 15) is 14.3 Å². The molecule has 0 saturated heterocycles. The molecule has 35 heavy (non-hydrogen) atoms. The molecule has 0 aliphatic carbocycles. The van der Waals surface area contributed by atoms with Crippen molar-refractivity contribution in [1.29, 1.82) is 0 Å². The van der Waals surface area contributed by atoms with Gasteiger partial charge in [0.25, 0.3) is 0 Å². The zero-order valence-corrected chi connectivity index (χ0v) is 20.9. The second-order valence-corrected chi connectivity index (χ2v) is 7.32. The highest BCUT2D eigenvalue weighted by Crippen LogP contribution is 2.26. The van der Waals surface area contributed by atoms with Crippen LogP contribution in [0.5, 0.6) is 5.75 Å². The molecule has 0 aliphatic rings. The number of carbonyl (C=O) groups is 1. The molecule has 3 N–H and O–H groups in total. The smallest absolute Gasteiger partial charge is 0.238 e. The maximum absolute atomic E-state index is 13.4. The number of hydrogen-bond donors (Lipinski definition) is 3. The van der Waals surface area contributed by atoms with E-state index in [2.05, 4.69) is 15.6 Å². The number of halogens is 1. The van der Waals surface area contributed by atoms with Crippen molar-refractivity contribution in [2.24, 2.45) is 0 Å². The molecule has 3 aromatic carbocycles. The van der Waals surface area contributed by atoms with Gasteiger partial charge in [0.05, 0.1) is 12.9 Å². The van der Waals surface area contributed by atoms with Crippen LogP contribution in [0.3, 0.4) is 0 Å². The number of amides is 1. The van der Waals surface area contributed by atoms with Gasteiger partial charge in [0, 0.05) is 42.5 Å². The molecule has 0 fully saturated rings. The van der Waals surface area contributed by atoms with Crippen LogP contribution in [-0.4, -0.2) is 33.7 Å². The zero-order chi connectivity index (χ0) is 25.6. The lowest BCUT2D eigenvalue weighted by molar-refractivity contribution is -0.115. The normalized spacial score (nSPS) is 10.1. The molecule has 6 nitrogen and oxygen atoms in total. The van der Waals surface area contributed by atoms with Crippen molar-refractivity contribution in [1.82, 2.24) is 14.9 Å². The van der Waals surface area contributed by atoms with Crippen molar-refractivity contribution in [3.8, 4) is 5.75 Å². The Morgan fingerprint density at radius 1 is 1.03 bits per heavy atom. The molecule has 4 aromatic rings. The monoisotopic (exact) mass is 478 g/mol. The third-order valence-electron chi connectivity index (χ3n) is 5.03. The van der Waals surface area contributed by atoms with Crippen molar-refractivity contribution in [2.75, 3.05) is 18.4 Å². The van der Waals surface area contributed by atoms with Gasteiger partial charge in [0.2, 0.25) is 5.91 Å². The van der Waals surface area contributed by atoms with Crippen LogP contribution in [0.15, 0.2) is 73.2 Å². The molecule has 0 unspecified atom stereocenters. The van der Waals surface area contributed by atoms with Crippen LogP contribution >= 0.6 is 0 Å². The Balaban J connectivity index is 0.00000103. The molecule has 0 atom stereocenters. The van der Waals surface area contributed by atoms with Crippen molar-refractivity contribution in [3.05, 3.63) is 90.3 Å². The molecule has 1 aromatic heterocycles. The van der Waals surface area contributed by atoms with Crippen molar-refractivity contribution in [2.45, 2.75) is 40.7 Å². The molecule has 1 amide bonds. The van der Waals surface area contributed by atoms with Crippen molar-refractivity contribution in [3.63, 3.8) is 0 Å². The van der Waals surface area contributed by atoms with Gasteiger partial charge in [-0.2, -0.15) is 0 Å². The van der Waals surface area contributed by atoms with Gasteiger partial charge in [-0.1, -0.05) is 58.0 Å². The Morgan fingerprint density at radius 2 is 1.80 bits per heavy atom. The number of anilines is 1. The Hall–Kier alpha value is -3.71. The van der Waals surface area contributed by atoms with Crippen LogP contribution in [0.4, 0.5) is 10.1 Å². The minimum atomic E-state index is -0.252. The maximum atomic E-state index is 13.4. The third kappa shape index (κ3) is 8.22. The molecular weight excluding hydrogens is 443 g/mol. The number of aromatic hydroxyl groups is 1. The number of hydrogen-bond acceptors (Lipinski definition) is 4. The van der Waals surface area contributed by atoms with Crippen LogP contribution in [-0.2, 0) is 17.8 Å². The number of benzene rings is 3. The number of nitrogens with one attached hydrogen (secondary N) is 2. The zero-order valence-electron chi connectivity index (χ0n) is 20.9. The lowest BCUT2D eigenvalue weighted by atomic mass is 10.1. The number of carbonyl (C=O) groups excluding carboxylic acids is 1. The molecule has 0 bridgehead atoms. The number of phenols is 1. The van der Waals surface area contributed by atoms with E-state index in [-0.39, 0.29) is 24.0 Å². The predicted octanol–water partition coefficient (Wildman–Crippen LogP) is 5.75. The van der Waals surface area contributed by atoms with E-state index in [1.807, 2.05) is 62.6 Å². The fourth-order valence-corrected chi connectivity index (χ4v) is 3.52. The second-order valence-electron chi connectivity index (χ2n) is 7.32. The fraction of sp³-hybridized carbons (Fsp3) is 0.286. The van der Waals surface area contributed by atoms with E-state index in [0.29, 0.717) is 25.2 Å². The number of phenolic OH excluding ortho intramolecular Hbond substituents is 1. The molecule has 7 heteroatoms. The van der Waals surface area contributed by atoms with E-state index < -0.39 is 0 Å². The topological polar surface area (TPSA) is 79.2 Å². The van der Waals surface area contributed by atoms with E-state index >= 15 is 0 Å². The highest BCUT2D eigenvalue weighted by Gasteiger charge is 2.08. The lowest BCUT2D eigenvalue weighted by Gasteiger charge is -2.11. The summed E-state index contributed by atoms with van der Waals surface area (Å²) in [5, 5.41) is 17.5. The first kappa shape index (κ1) is 27.5. The Bertz CT molecular complexity index is 1210. The third-order valence-corrected chi connectivity index (χ3v) is 5.03. The van der Waals surface area contributed by atoms with Gasteiger partial charge in [0.15, 0.2) is 0 Å². The van der Waals surface area contributed by atoms with E-state index in [1.54, 1.807) is 30.7 Å². The van der Waals surface area contributed by atoms with E-state index in [0.717, 1.165) is 22.0 Å². The van der Waals surface area contributed by atoms with Crippen LogP contribution in [0.25, 0.3) is 10.8 Å². The number of fused-ring (bicyclic) bond motifs is 1. The average Bonchev–Trinajstić information content (AvgIpc) is 3.31. The van der Waals surface area contributed by atoms with E-state index in [4.69, 9.17) is 0 Å². The molecule has 0 radical (unpaired) electrons. The summed E-state index contributed by atoms with van der Waals surface area (Å²) < 4.78 is 15.4. The lowest BCUT2D eigenvalue weighted by Crippen LogP contribution is -2.30. The van der Waals surface area contributed by atoms with Gasteiger partial charge in [0.1, 0.15) is 11.6 Å².